The van der Waals surface area contributed by atoms with E-state index in [1.165, 1.54) is 0 Å². The van der Waals surface area contributed by atoms with Gasteiger partial charge in [-0.1, -0.05) is 0 Å². The Morgan fingerprint density at radius 2 is 0.529 bits per heavy atom. The van der Waals surface area contributed by atoms with E-state index in [0.717, 1.165) is 0 Å². The van der Waals surface area contributed by atoms with Crippen molar-refractivity contribution < 1.29 is 112 Å². The van der Waals surface area contributed by atoms with Crippen molar-refractivity contribution in [3.05, 3.63) is 0 Å². The summed E-state index contributed by atoms with van der Waals surface area (Å²) in [4.78, 5) is 8.56. The van der Waals surface area contributed by atoms with Gasteiger partial charge in [0.1, 0.15) is 0 Å². The van der Waals surface area contributed by atoms with Crippen LogP contribution in [0.4, 0.5) is 4.79 Å². The van der Waals surface area contributed by atoms with Crippen molar-refractivity contribution in [3.8, 4) is 0 Å². The molecular formula is CH27NaO15. The maximum atomic E-state index is 8.56. The van der Waals surface area contributed by atoms with Crippen molar-refractivity contribution in [2.75, 3.05) is 0 Å². The number of carbonyl (C=O) groups is 1. The van der Waals surface area contributed by atoms with Gasteiger partial charge in [-0.3, -0.25) is 0 Å². The molecule has 0 aliphatic heterocycles. The van der Waals surface area contributed by atoms with E-state index in [4.69, 9.17) is 15.0 Å². The molecule has 0 atom stereocenters. The standard InChI is InChI=1S/CH2O3.Na.12H2O.H/c2-1(3)4;;;;;;;;;;;;;;/h(H2,2,3,4);;12*1H2;/q;+1;;;;;;;;;;;;;-1. The van der Waals surface area contributed by atoms with Crippen LogP contribution in [0.15, 0.2) is 0 Å². The summed E-state index contributed by atoms with van der Waals surface area (Å²) in [5, 5.41) is 13.9. The van der Waals surface area contributed by atoms with Crippen LogP contribution in [0.5, 0.6) is 0 Å². The Balaban J connectivity index is -0.000000000495. The van der Waals surface area contributed by atoms with E-state index in [-0.39, 0.29) is 96.7 Å². The van der Waals surface area contributed by atoms with E-state index in [9.17, 15) is 0 Å². The van der Waals surface area contributed by atoms with Crippen molar-refractivity contribution in [1.29, 1.82) is 0 Å². The van der Waals surface area contributed by atoms with Gasteiger partial charge in [-0.2, -0.15) is 0 Å². The molecule has 0 unspecified atom stereocenters. The number of carboxylic acid groups (broad SMARTS) is 2. The molecule has 0 bridgehead atoms. The largest absolute Gasteiger partial charge is 1.00 e. The first kappa shape index (κ1) is 538. The van der Waals surface area contributed by atoms with Crippen LogP contribution in [-0.2, 0) is 0 Å². The number of rotatable bonds is 0. The minimum Gasteiger partial charge on any atom is -1.00 e. The Morgan fingerprint density at radius 1 is 0.529 bits per heavy atom. The van der Waals surface area contributed by atoms with Gasteiger partial charge in [-0.25, -0.2) is 4.79 Å². The van der Waals surface area contributed by atoms with E-state index in [0.29, 0.717) is 0 Å². The van der Waals surface area contributed by atoms with Crippen molar-refractivity contribution in [1.82, 2.24) is 0 Å². The summed E-state index contributed by atoms with van der Waals surface area (Å²) in [5.74, 6) is 0. The molecule has 0 fully saturated rings. The van der Waals surface area contributed by atoms with Gasteiger partial charge in [0.05, 0.1) is 0 Å². The first-order chi connectivity index (χ1) is 1.73. The number of hydrogen-bond donors (Lipinski definition) is 2. The Morgan fingerprint density at radius 3 is 0.529 bits per heavy atom. The maximum absolute atomic E-state index is 8.56. The zero-order valence-corrected chi connectivity index (χ0v) is 10.8. The molecule has 15 nitrogen and oxygen atoms in total. The summed E-state index contributed by atoms with van der Waals surface area (Å²) in [7, 11) is 0. The maximum Gasteiger partial charge on any atom is 1.00 e. The normalized spacial score (nSPS) is 1.41. The van der Waals surface area contributed by atoms with Crippen molar-refractivity contribution in [2.45, 2.75) is 0 Å². The summed E-state index contributed by atoms with van der Waals surface area (Å²) < 4.78 is 0. The average molecular weight is 302 g/mol. The van der Waals surface area contributed by atoms with E-state index in [1.807, 2.05) is 0 Å². The van der Waals surface area contributed by atoms with Crippen LogP contribution in [0, 0.1) is 0 Å². The average Bonchev–Trinajstić information content (AvgIpc) is 0.811. The summed E-state index contributed by atoms with van der Waals surface area (Å²) in [5.41, 5.74) is 0. The zero-order valence-electron chi connectivity index (χ0n) is 9.80. The molecule has 0 aromatic carbocycles. The van der Waals surface area contributed by atoms with E-state index in [2.05, 4.69) is 0 Å². The molecule has 0 aliphatic carbocycles. The van der Waals surface area contributed by atoms with Crippen LogP contribution in [0.1, 0.15) is 1.43 Å². The van der Waals surface area contributed by atoms with Gasteiger partial charge in [-0.15, -0.1) is 0 Å². The van der Waals surface area contributed by atoms with Gasteiger partial charge in [0.2, 0.25) is 0 Å². The predicted molar refractivity (Wildman–Crippen MR) is 55.1 cm³/mol. The molecule has 122 valence electrons. The third-order valence-electron chi connectivity index (χ3n) is 0. The molecule has 0 spiro atoms. The molecule has 26 N–H and O–H groups in total. The van der Waals surface area contributed by atoms with Gasteiger partial charge in [0.15, 0.2) is 0 Å². The molecule has 0 amide bonds. The molecule has 0 rings (SSSR count). The van der Waals surface area contributed by atoms with Crippen LogP contribution in [0.3, 0.4) is 0 Å². The summed E-state index contributed by atoms with van der Waals surface area (Å²) >= 11 is 0. The Labute approximate surface area is 118 Å². The van der Waals surface area contributed by atoms with Crippen molar-refractivity contribution in [2.24, 2.45) is 0 Å². The molecule has 0 saturated carbocycles. The summed E-state index contributed by atoms with van der Waals surface area (Å²) in [6, 6.07) is 0. The molecule has 0 aliphatic rings. The van der Waals surface area contributed by atoms with E-state index in [1.54, 1.807) is 0 Å². The van der Waals surface area contributed by atoms with Crippen LogP contribution < -0.4 is 29.6 Å². The molecule has 0 aromatic rings. The molecule has 16 heteroatoms. The van der Waals surface area contributed by atoms with Crippen LogP contribution in [0.2, 0.25) is 0 Å². The molecule has 17 heavy (non-hydrogen) atoms. The predicted octanol–water partition coefficient (Wildman–Crippen LogP) is -12.6. The molecule has 0 radical (unpaired) electrons. The van der Waals surface area contributed by atoms with Gasteiger partial charge < -0.3 is 77.4 Å². The van der Waals surface area contributed by atoms with E-state index >= 15 is 0 Å². The fourth-order valence-electron chi connectivity index (χ4n) is 0. The fourth-order valence-corrected chi connectivity index (χ4v) is 0. The minimum absolute atomic E-state index is 0. The first-order valence-electron chi connectivity index (χ1n) is 0.651. The van der Waals surface area contributed by atoms with Gasteiger partial charge in [0, 0.05) is 0 Å². The topological polar surface area (TPSA) is 436 Å². The first-order valence-corrected chi connectivity index (χ1v) is 0.651. The van der Waals surface area contributed by atoms with Gasteiger partial charge in [-0.05, 0) is 0 Å². The monoisotopic (exact) mass is 302 g/mol. The second kappa shape index (κ2) is 444. The quantitative estimate of drug-likeness (QED) is 0.411. The van der Waals surface area contributed by atoms with Crippen LogP contribution >= 0.6 is 0 Å². The fraction of sp³-hybridized carbons (Fsp3) is 0. The molecular weight excluding hydrogens is 275 g/mol. The van der Waals surface area contributed by atoms with Crippen molar-refractivity contribution >= 4 is 6.16 Å². The number of hydrogen-bond acceptors (Lipinski definition) is 1. The Hall–Kier alpha value is -0.210. The minimum atomic E-state index is -1.83. The summed E-state index contributed by atoms with van der Waals surface area (Å²) in [6.07, 6.45) is -1.83. The molecule has 0 saturated heterocycles. The van der Waals surface area contributed by atoms with Crippen LogP contribution in [0.25, 0.3) is 0 Å². The van der Waals surface area contributed by atoms with Gasteiger partial charge >= 0.3 is 35.7 Å². The smallest absolute Gasteiger partial charge is 1.00 e. The van der Waals surface area contributed by atoms with Gasteiger partial charge in [0.25, 0.3) is 0 Å². The second-order valence-electron chi connectivity index (χ2n) is 0.283. The van der Waals surface area contributed by atoms with E-state index < -0.39 is 6.16 Å². The molecule has 0 heterocycles. The third-order valence-corrected chi connectivity index (χ3v) is 0. The summed E-state index contributed by atoms with van der Waals surface area (Å²) in [6.45, 7) is 0. The zero-order chi connectivity index (χ0) is 3.58. The van der Waals surface area contributed by atoms with Crippen LogP contribution in [-0.4, -0.2) is 82.1 Å². The Kier molecular flexibility index (Phi) is 14000. The molecule has 0 aromatic heterocycles. The van der Waals surface area contributed by atoms with Crippen molar-refractivity contribution in [3.63, 3.8) is 0 Å². The SMILES string of the molecule is O.O.O.O.O.O.O.O.O.O.O.O.O=C(O)O.[H-].[Na+]. The second-order valence-corrected chi connectivity index (χ2v) is 0.283. The third kappa shape index (κ3) is 68100. The Bertz CT molecular complexity index is 39.5.